The van der Waals surface area contributed by atoms with Crippen LogP contribution in [0.3, 0.4) is 0 Å². The fourth-order valence-corrected chi connectivity index (χ4v) is 4.61. The number of nitrogens with two attached hydrogens (primary N) is 1. The van der Waals surface area contributed by atoms with Crippen molar-refractivity contribution >= 4 is 28.7 Å². The lowest BCUT2D eigenvalue weighted by molar-refractivity contribution is -0.118. The van der Waals surface area contributed by atoms with E-state index in [-0.39, 0.29) is 11.9 Å². The van der Waals surface area contributed by atoms with Gasteiger partial charge in [0.2, 0.25) is 5.91 Å². The molecule has 130 valence electrons. The maximum absolute atomic E-state index is 12.4. The summed E-state index contributed by atoms with van der Waals surface area (Å²) < 4.78 is 0. The van der Waals surface area contributed by atoms with Crippen LogP contribution in [0.1, 0.15) is 51.4 Å². The molecule has 3 aliphatic rings. The number of amides is 1. The summed E-state index contributed by atoms with van der Waals surface area (Å²) >= 11 is 0. The zero-order chi connectivity index (χ0) is 16.7. The molecule has 4 rings (SSSR count). The summed E-state index contributed by atoms with van der Waals surface area (Å²) in [7, 11) is 2.17. The summed E-state index contributed by atoms with van der Waals surface area (Å²) in [6.07, 6.45) is 9.70. The van der Waals surface area contributed by atoms with Crippen molar-refractivity contribution in [3.05, 3.63) is 12.1 Å². The maximum atomic E-state index is 12.4. The normalized spacial score (nSPS) is 24.1. The summed E-state index contributed by atoms with van der Waals surface area (Å²) in [4.78, 5) is 17.0. The van der Waals surface area contributed by atoms with Gasteiger partial charge in [-0.3, -0.25) is 4.79 Å². The lowest BCUT2D eigenvalue weighted by Gasteiger charge is -2.42. The Hall–Kier alpha value is -1.91. The quantitative estimate of drug-likeness (QED) is 0.817. The zero-order valence-electron chi connectivity index (χ0n) is 14.6. The number of carbonyl (C=O) groups is 1. The van der Waals surface area contributed by atoms with Crippen LogP contribution >= 0.6 is 0 Å². The van der Waals surface area contributed by atoms with Crippen LogP contribution in [0.15, 0.2) is 12.1 Å². The number of anilines is 4. The maximum Gasteiger partial charge on any atom is 0.247 e. The molecule has 1 unspecified atom stereocenters. The summed E-state index contributed by atoms with van der Waals surface area (Å²) in [5, 5.41) is 3.07. The van der Waals surface area contributed by atoms with Gasteiger partial charge in [0.05, 0.1) is 22.7 Å². The van der Waals surface area contributed by atoms with Gasteiger partial charge < -0.3 is 20.9 Å². The molecule has 0 spiro atoms. The van der Waals surface area contributed by atoms with Gasteiger partial charge >= 0.3 is 0 Å². The van der Waals surface area contributed by atoms with Crippen molar-refractivity contribution < 1.29 is 4.79 Å². The van der Waals surface area contributed by atoms with E-state index in [2.05, 4.69) is 28.2 Å². The van der Waals surface area contributed by atoms with Crippen molar-refractivity contribution in [1.82, 2.24) is 0 Å². The first kappa shape index (κ1) is 15.6. The molecule has 1 atom stereocenters. The molecule has 1 saturated heterocycles. The van der Waals surface area contributed by atoms with E-state index in [1.807, 2.05) is 6.07 Å². The first-order valence-electron chi connectivity index (χ1n) is 9.39. The van der Waals surface area contributed by atoms with Crippen molar-refractivity contribution in [3.63, 3.8) is 0 Å². The molecule has 5 nitrogen and oxygen atoms in total. The molecule has 0 bridgehead atoms. The largest absolute Gasteiger partial charge is 0.397 e. The lowest BCUT2D eigenvalue weighted by atomic mass is 9.93. The molecule has 0 aromatic heterocycles. The Bertz CT molecular complexity index is 638. The predicted octanol–water partition coefficient (Wildman–Crippen LogP) is 3.35. The second-order valence-corrected chi connectivity index (χ2v) is 7.53. The van der Waals surface area contributed by atoms with E-state index < -0.39 is 0 Å². The van der Waals surface area contributed by atoms with E-state index in [0.717, 1.165) is 48.6 Å². The van der Waals surface area contributed by atoms with E-state index >= 15 is 0 Å². The molecule has 1 aromatic rings. The Morgan fingerprint density at radius 1 is 1.12 bits per heavy atom. The van der Waals surface area contributed by atoms with Crippen molar-refractivity contribution in [1.29, 1.82) is 0 Å². The first-order valence-corrected chi connectivity index (χ1v) is 9.39. The van der Waals surface area contributed by atoms with Crippen LogP contribution in [0.4, 0.5) is 22.7 Å². The van der Waals surface area contributed by atoms with Gasteiger partial charge in [-0.2, -0.15) is 0 Å². The van der Waals surface area contributed by atoms with Gasteiger partial charge in [0.25, 0.3) is 0 Å². The molecule has 0 radical (unpaired) electrons. The van der Waals surface area contributed by atoms with Crippen molar-refractivity contribution in [2.24, 2.45) is 0 Å². The van der Waals surface area contributed by atoms with Gasteiger partial charge in [-0.1, -0.05) is 19.3 Å². The monoisotopic (exact) mass is 328 g/mol. The van der Waals surface area contributed by atoms with Crippen molar-refractivity contribution in [2.75, 3.05) is 34.4 Å². The highest BCUT2D eigenvalue weighted by Gasteiger charge is 2.35. The number of benzene rings is 1. The average Bonchev–Trinajstić information content (AvgIpc) is 2.62. The number of nitrogens with one attached hydrogen (secondary N) is 1. The number of carbonyl (C=O) groups excluding carboxylic acids is 1. The van der Waals surface area contributed by atoms with E-state index in [0.29, 0.717) is 6.04 Å². The number of nitrogen functional groups attached to an aromatic ring is 1. The highest BCUT2D eigenvalue weighted by Crippen LogP contribution is 2.42. The third kappa shape index (κ3) is 2.60. The minimum Gasteiger partial charge on any atom is -0.397 e. The van der Waals surface area contributed by atoms with Crippen LogP contribution in [-0.4, -0.2) is 31.6 Å². The molecule has 2 heterocycles. The van der Waals surface area contributed by atoms with E-state index in [1.54, 1.807) is 0 Å². The Morgan fingerprint density at radius 3 is 2.67 bits per heavy atom. The van der Waals surface area contributed by atoms with Crippen LogP contribution in [0, 0.1) is 0 Å². The highest BCUT2D eigenvalue weighted by atomic mass is 16.2. The van der Waals surface area contributed by atoms with E-state index in [1.165, 1.54) is 32.1 Å². The second-order valence-electron chi connectivity index (χ2n) is 7.53. The molecule has 1 saturated carbocycles. The summed E-state index contributed by atoms with van der Waals surface area (Å²) in [6.45, 7) is 0.960. The van der Waals surface area contributed by atoms with Gasteiger partial charge in [0, 0.05) is 19.6 Å². The Morgan fingerprint density at radius 2 is 1.88 bits per heavy atom. The second kappa shape index (κ2) is 6.19. The molecule has 2 aliphatic heterocycles. The number of nitrogens with zero attached hydrogens (tertiary/aromatic N) is 2. The molecule has 1 aliphatic carbocycles. The molecule has 24 heavy (non-hydrogen) atoms. The van der Waals surface area contributed by atoms with E-state index in [9.17, 15) is 4.79 Å². The standard InChI is InChI=1S/C19H28N4O/c1-22(13-7-3-2-4-8-13)17-12-18-15(11-14(17)20)21-19(24)16-9-5-6-10-23(16)18/h11-13,16H,2-10,20H2,1H3,(H,21,24). The molecule has 1 amide bonds. The zero-order valence-corrected chi connectivity index (χ0v) is 14.6. The molecule has 1 aromatic carbocycles. The summed E-state index contributed by atoms with van der Waals surface area (Å²) in [5.41, 5.74) is 10.2. The van der Waals surface area contributed by atoms with E-state index in [4.69, 9.17) is 5.73 Å². The van der Waals surface area contributed by atoms with Gasteiger partial charge in [-0.25, -0.2) is 0 Å². The fraction of sp³-hybridized carbons (Fsp3) is 0.632. The number of hydrogen-bond acceptors (Lipinski definition) is 4. The molecule has 5 heteroatoms. The van der Waals surface area contributed by atoms with Gasteiger partial charge in [-0.15, -0.1) is 0 Å². The first-order chi connectivity index (χ1) is 11.6. The summed E-state index contributed by atoms with van der Waals surface area (Å²) in [5.74, 6) is 0.120. The third-order valence-electron chi connectivity index (χ3n) is 6.02. The Kier molecular flexibility index (Phi) is 4.02. The van der Waals surface area contributed by atoms with Gasteiger partial charge in [-0.05, 0) is 44.2 Å². The lowest BCUT2D eigenvalue weighted by Crippen LogP contribution is -2.50. The van der Waals surface area contributed by atoms with Crippen LogP contribution in [0.2, 0.25) is 0 Å². The minimum atomic E-state index is -0.0114. The third-order valence-corrected chi connectivity index (χ3v) is 6.02. The number of piperidine rings is 1. The predicted molar refractivity (Wildman–Crippen MR) is 99.7 cm³/mol. The number of rotatable bonds is 2. The topological polar surface area (TPSA) is 61.6 Å². The van der Waals surface area contributed by atoms with Crippen molar-refractivity contribution in [3.8, 4) is 0 Å². The number of hydrogen-bond donors (Lipinski definition) is 2. The highest BCUT2D eigenvalue weighted by molar-refractivity contribution is 6.05. The van der Waals surface area contributed by atoms with Crippen LogP contribution in [-0.2, 0) is 4.79 Å². The molecule has 2 fully saturated rings. The van der Waals surface area contributed by atoms with Crippen LogP contribution < -0.4 is 20.9 Å². The average molecular weight is 328 g/mol. The Labute approximate surface area is 144 Å². The molecule has 3 N–H and O–H groups in total. The molecular weight excluding hydrogens is 300 g/mol. The fourth-order valence-electron chi connectivity index (χ4n) is 4.61. The Balaban J connectivity index is 1.69. The minimum absolute atomic E-state index is 0.0114. The van der Waals surface area contributed by atoms with Crippen molar-refractivity contribution in [2.45, 2.75) is 63.5 Å². The molecular formula is C19H28N4O. The SMILES string of the molecule is CN(c1cc2c(cc1N)NC(=O)C1CCCCN21)C1CCCCC1. The summed E-state index contributed by atoms with van der Waals surface area (Å²) in [6, 6.07) is 4.72. The van der Waals surface area contributed by atoms with Crippen LogP contribution in [0.5, 0.6) is 0 Å². The smallest absolute Gasteiger partial charge is 0.247 e. The van der Waals surface area contributed by atoms with Crippen LogP contribution in [0.25, 0.3) is 0 Å². The van der Waals surface area contributed by atoms with Gasteiger partial charge in [0.1, 0.15) is 6.04 Å². The number of fused-ring (bicyclic) bond motifs is 3. The van der Waals surface area contributed by atoms with Gasteiger partial charge in [0.15, 0.2) is 0 Å².